The summed E-state index contributed by atoms with van der Waals surface area (Å²) in [6, 6.07) is 4.75. The van der Waals surface area contributed by atoms with Crippen LogP contribution in [0.25, 0.3) is 0 Å². The minimum Gasteiger partial charge on any atom is -0.382 e. The highest BCUT2D eigenvalue weighted by Crippen LogP contribution is 2.15. The molecule has 16 heavy (non-hydrogen) atoms. The molecular formula is C11H19N5. The second kappa shape index (κ2) is 4.65. The monoisotopic (exact) mass is 221 g/mol. The molecule has 1 aromatic rings. The normalized spacial score (nSPS) is 25.8. The lowest BCUT2D eigenvalue weighted by Gasteiger charge is -2.37. The lowest BCUT2D eigenvalue weighted by atomic mass is 10.1. The van der Waals surface area contributed by atoms with E-state index in [0.717, 1.165) is 25.3 Å². The average Bonchev–Trinajstić information content (AvgIpc) is 2.29. The van der Waals surface area contributed by atoms with Gasteiger partial charge in [-0.25, -0.2) is 0 Å². The number of rotatable bonds is 2. The Morgan fingerprint density at radius 1 is 1.44 bits per heavy atom. The molecule has 1 aliphatic rings. The number of nitrogens with one attached hydrogen (secondary N) is 1. The Kier molecular flexibility index (Phi) is 3.24. The fraction of sp³-hybridized carbons (Fsp3) is 0.636. The fourth-order valence-electron chi connectivity index (χ4n) is 2.12. The molecule has 0 saturated carbocycles. The van der Waals surface area contributed by atoms with Crippen molar-refractivity contribution in [1.29, 1.82) is 0 Å². The molecule has 3 N–H and O–H groups in total. The highest BCUT2D eigenvalue weighted by molar-refractivity contribution is 5.42. The molecule has 0 radical (unpaired) electrons. The Labute approximate surface area is 96.0 Å². The van der Waals surface area contributed by atoms with Crippen molar-refractivity contribution in [3.05, 3.63) is 12.1 Å². The number of nitrogens with zero attached hydrogens (tertiary/aromatic N) is 3. The largest absolute Gasteiger partial charge is 0.382 e. The van der Waals surface area contributed by atoms with Crippen LogP contribution in [-0.2, 0) is 0 Å². The summed E-state index contributed by atoms with van der Waals surface area (Å²) in [5.41, 5.74) is 5.53. The van der Waals surface area contributed by atoms with Gasteiger partial charge in [0.05, 0.1) is 0 Å². The summed E-state index contributed by atoms with van der Waals surface area (Å²) in [4.78, 5) is 2.27. The molecule has 0 aromatic carbocycles. The summed E-state index contributed by atoms with van der Waals surface area (Å²) in [7, 11) is 0. The van der Waals surface area contributed by atoms with Crippen LogP contribution in [-0.4, -0.2) is 35.4 Å². The molecule has 5 nitrogen and oxygen atoms in total. The lowest BCUT2D eigenvalue weighted by molar-refractivity contribution is 0.378. The van der Waals surface area contributed by atoms with Crippen LogP contribution < -0.4 is 16.0 Å². The Morgan fingerprint density at radius 2 is 2.25 bits per heavy atom. The van der Waals surface area contributed by atoms with Gasteiger partial charge >= 0.3 is 0 Å². The molecule has 2 rings (SSSR count). The van der Waals surface area contributed by atoms with Gasteiger partial charge in [0.1, 0.15) is 5.82 Å². The van der Waals surface area contributed by atoms with Crippen LogP contribution in [0.15, 0.2) is 12.1 Å². The maximum absolute atomic E-state index is 5.53. The van der Waals surface area contributed by atoms with E-state index in [9.17, 15) is 0 Å². The first-order valence-electron chi connectivity index (χ1n) is 5.79. The average molecular weight is 221 g/mol. The van der Waals surface area contributed by atoms with Gasteiger partial charge in [0, 0.05) is 25.2 Å². The lowest BCUT2D eigenvalue weighted by Crippen LogP contribution is -2.55. The smallest absolute Gasteiger partial charge is 0.151 e. The maximum Gasteiger partial charge on any atom is 0.151 e. The van der Waals surface area contributed by atoms with E-state index in [1.54, 1.807) is 6.07 Å². The number of nitrogen functional groups attached to an aromatic ring is 1. The molecule has 0 spiro atoms. The van der Waals surface area contributed by atoms with Crippen LogP contribution in [0.5, 0.6) is 0 Å². The highest BCUT2D eigenvalue weighted by Gasteiger charge is 2.23. The number of hydrogen-bond acceptors (Lipinski definition) is 5. The zero-order chi connectivity index (χ0) is 11.5. The minimum atomic E-state index is 0.471. The van der Waals surface area contributed by atoms with Crippen molar-refractivity contribution in [3.63, 3.8) is 0 Å². The topological polar surface area (TPSA) is 67.1 Å². The molecule has 2 atom stereocenters. The SMILES string of the molecule is CCC1CN(c2ccc(N)nn2)CC(C)N1. The molecule has 88 valence electrons. The van der Waals surface area contributed by atoms with E-state index in [2.05, 4.69) is 34.3 Å². The molecular weight excluding hydrogens is 202 g/mol. The van der Waals surface area contributed by atoms with Crippen molar-refractivity contribution in [1.82, 2.24) is 15.5 Å². The standard InChI is InChI=1S/C11H19N5/c1-3-9-7-16(6-8(2)13-9)11-5-4-10(12)14-15-11/h4-5,8-9,13H,3,6-7H2,1-2H3,(H2,12,14). The first-order chi connectivity index (χ1) is 7.69. The summed E-state index contributed by atoms with van der Waals surface area (Å²) in [6.07, 6.45) is 1.13. The number of piperazine rings is 1. The molecule has 0 amide bonds. The summed E-state index contributed by atoms with van der Waals surface area (Å²) >= 11 is 0. The first-order valence-corrected chi connectivity index (χ1v) is 5.79. The number of anilines is 2. The summed E-state index contributed by atoms with van der Waals surface area (Å²) in [6.45, 7) is 6.34. The third kappa shape index (κ3) is 2.41. The number of aromatic nitrogens is 2. The van der Waals surface area contributed by atoms with E-state index in [1.807, 2.05) is 6.07 Å². The number of hydrogen-bond donors (Lipinski definition) is 2. The summed E-state index contributed by atoms with van der Waals surface area (Å²) < 4.78 is 0. The molecule has 1 fully saturated rings. The molecule has 2 heterocycles. The van der Waals surface area contributed by atoms with E-state index in [1.165, 1.54) is 0 Å². The van der Waals surface area contributed by atoms with E-state index < -0.39 is 0 Å². The van der Waals surface area contributed by atoms with Crippen LogP contribution in [0.3, 0.4) is 0 Å². The zero-order valence-corrected chi connectivity index (χ0v) is 9.85. The van der Waals surface area contributed by atoms with E-state index in [0.29, 0.717) is 17.9 Å². The number of nitrogens with two attached hydrogens (primary N) is 1. The Bertz CT molecular complexity index is 337. The van der Waals surface area contributed by atoms with Crippen LogP contribution in [0.4, 0.5) is 11.6 Å². The highest BCUT2D eigenvalue weighted by atomic mass is 15.3. The van der Waals surface area contributed by atoms with Crippen molar-refractivity contribution in [3.8, 4) is 0 Å². The third-order valence-electron chi connectivity index (χ3n) is 2.94. The van der Waals surface area contributed by atoms with Gasteiger partial charge in [0.2, 0.25) is 0 Å². The van der Waals surface area contributed by atoms with Gasteiger partial charge in [-0.05, 0) is 25.5 Å². The molecule has 0 bridgehead atoms. The molecule has 2 unspecified atom stereocenters. The van der Waals surface area contributed by atoms with Crippen LogP contribution in [0.2, 0.25) is 0 Å². The van der Waals surface area contributed by atoms with Crippen molar-refractivity contribution in [2.24, 2.45) is 0 Å². The van der Waals surface area contributed by atoms with Crippen molar-refractivity contribution in [2.75, 3.05) is 23.7 Å². The molecule has 1 aliphatic heterocycles. The maximum atomic E-state index is 5.53. The van der Waals surface area contributed by atoms with Gasteiger partial charge in [-0.15, -0.1) is 10.2 Å². The Hall–Kier alpha value is -1.36. The predicted molar refractivity (Wildman–Crippen MR) is 65.3 cm³/mol. The zero-order valence-electron chi connectivity index (χ0n) is 9.85. The Morgan fingerprint density at radius 3 is 2.88 bits per heavy atom. The second-order valence-corrected chi connectivity index (χ2v) is 4.39. The van der Waals surface area contributed by atoms with E-state index in [-0.39, 0.29) is 0 Å². The van der Waals surface area contributed by atoms with Gasteiger partial charge in [0.25, 0.3) is 0 Å². The molecule has 5 heteroatoms. The van der Waals surface area contributed by atoms with Crippen LogP contribution >= 0.6 is 0 Å². The van der Waals surface area contributed by atoms with Gasteiger partial charge in [-0.3, -0.25) is 0 Å². The quantitative estimate of drug-likeness (QED) is 0.767. The summed E-state index contributed by atoms with van der Waals surface area (Å²) in [5, 5.41) is 11.6. The van der Waals surface area contributed by atoms with Gasteiger partial charge in [-0.1, -0.05) is 6.92 Å². The van der Waals surface area contributed by atoms with Gasteiger partial charge < -0.3 is 16.0 Å². The van der Waals surface area contributed by atoms with Crippen LogP contribution in [0.1, 0.15) is 20.3 Å². The third-order valence-corrected chi connectivity index (χ3v) is 2.94. The summed E-state index contributed by atoms with van der Waals surface area (Å²) in [5.74, 6) is 1.39. The minimum absolute atomic E-state index is 0.471. The van der Waals surface area contributed by atoms with Crippen LogP contribution in [0, 0.1) is 0 Å². The van der Waals surface area contributed by atoms with Crippen molar-refractivity contribution >= 4 is 11.6 Å². The van der Waals surface area contributed by atoms with E-state index in [4.69, 9.17) is 5.73 Å². The van der Waals surface area contributed by atoms with Gasteiger partial charge in [0.15, 0.2) is 5.82 Å². The van der Waals surface area contributed by atoms with Crippen molar-refractivity contribution in [2.45, 2.75) is 32.4 Å². The first kappa shape index (κ1) is 11.1. The predicted octanol–water partition coefficient (Wildman–Crippen LogP) is 0.635. The molecule has 0 aliphatic carbocycles. The van der Waals surface area contributed by atoms with E-state index >= 15 is 0 Å². The fourth-order valence-corrected chi connectivity index (χ4v) is 2.12. The van der Waals surface area contributed by atoms with Gasteiger partial charge in [-0.2, -0.15) is 0 Å². The second-order valence-electron chi connectivity index (χ2n) is 4.39. The molecule has 1 aromatic heterocycles. The molecule has 1 saturated heterocycles. The van der Waals surface area contributed by atoms with Crippen molar-refractivity contribution < 1.29 is 0 Å². The Balaban J connectivity index is 2.11.